The first-order valence-electron chi connectivity index (χ1n) is 4.71. The van der Waals surface area contributed by atoms with Crippen molar-refractivity contribution in [1.82, 2.24) is 19.5 Å². The molecule has 0 N–H and O–H groups in total. The standard InChI is InChI=1S/C10H11ClN4O/c1-15-4-3-12-10(15)7-5-8(11)14-9(13-7)6-16-2/h3-5H,6H2,1-2H3. The van der Waals surface area contributed by atoms with Gasteiger partial charge in [-0.1, -0.05) is 11.6 Å². The molecule has 0 aliphatic carbocycles. The fourth-order valence-corrected chi connectivity index (χ4v) is 1.59. The van der Waals surface area contributed by atoms with Crippen molar-refractivity contribution in [3.63, 3.8) is 0 Å². The Morgan fingerprint density at radius 2 is 2.25 bits per heavy atom. The van der Waals surface area contributed by atoms with E-state index in [1.807, 2.05) is 17.8 Å². The molecule has 0 amide bonds. The van der Waals surface area contributed by atoms with E-state index in [1.54, 1.807) is 19.4 Å². The van der Waals surface area contributed by atoms with E-state index in [2.05, 4.69) is 15.0 Å². The monoisotopic (exact) mass is 238 g/mol. The molecule has 2 aromatic heterocycles. The smallest absolute Gasteiger partial charge is 0.158 e. The Balaban J connectivity index is 2.45. The number of ether oxygens (including phenoxy) is 1. The number of imidazole rings is 1. The molecule has 5 nitrogen and oxygen atoms in total. The number of methoxy groups -OCH3 is 1. The van der Waals surface area contributed by atoms with E-state index < -0.39 is 0 Å². The lowest BCUT2D eigenvalue weighted by Gasteiger charge is -2.04. The van der Waals surface area contributed by atoms with Gasteiger partial charge in [-0.15, -0.1) is 0 Å². The Labute approximate surface area is 98.1 Å². The van der Waals surface area contributed by atoms with Gasteiger partial charge >= 0.3 is 0 Å². The molecule has 16 heavy (non-hydrogen) atoms. The fourth-order valence-electron chi connectivity index (χ4n) is 1.39. The summed E-state index contributed by atoms with van der Waals surface area (Å²) in [7, 11) is 3.49. The van der Waals surface area contributed by atoms with E-state index in [0.717, 1.165) is 5.82 Å². The second kappa shape index (κ2) is 4.59. The number of hydrogen-bond donors (Lipinski definition) is 0. The quantitative estimate of drug-likeness (QED) is 0.764. The lowest BCUT2D eigenvalue weighted by Crippen LogP contribution is -2.01. The van der Waals surface area contributed by atoms with Crippen molar-refractivity contribution < 1.29 is 4.74 Å². The zero-order valence-electron chi connectivity index (χ0n) is 9.01. The largest absolute Gasteiger partial charge is 0.377 e. The Hall–Kier alpha value is -1.46. The lowest BCUT2D eigenvalue weighted by molar-refractivity contribution is 0.178. The highest BCUT2D eigenvalue weighted by Gasteiger charge is 2.08. The molecule has 6 heteroatoms. The van der Waals surface area contributed by atoms with E-state index in [1.165, 1.54) is 0 Å². The van der Waals surface area contributed by atoms with Gasteiger partial charge < -0.3 is 9.30 Å². The summed E-state index contributed by atoms with van der Waals surface area (Å²) in [6.07, 6.45) is 3.56. The molecule has 0 unspecified atom stereocenters. The van der Waals surface area contributed by atoms with Crippen LogP contribution >= 0.6 is 11.6 Å². The molecule has 0 saturated heterocycles. The normalized spacial score (nSPS) is 10.7. The minimum absolute atomic E-state index is 0.331. The average Bonchev–Trinajstić information content (AvgIpc) is 2.64. The second-order valence-corrected chi connectivity index (χ2v) is 3.67. The third-order valence-electron chi connectivity index (χ3n) is 2.06. The van der Waals surface area contributed by atoms with E-state index in [9.17, 15) is 0 Å². The van der Waals surface area contributed by atoms with Gasteiger partial charge in [0, 0.05) is 32.6 Å². The minimum Gasteiger partial charge on any atom is -0.377 e. The van der Waals surface area contributed by atoms with Crippen LogP contribution in [0, 0.1) is 0 Å². The average molecular weight is 239 g/mol. The molecule has 0 radical (unpaired) electrons. The fraction of sp³-hybridized carbons (Fsp3) is 0.300. The molecule has 0 aliphatic heterocycles. The number of nitrogens with zero attached hydrogens (tertiary/aromatic N) is 4. The zero-order valence-corrected chi connectivity index (χ0v) is 9.77. The molecule has 0 bridgehead atoms. The highest BCUT2D eigenvalue weighted by atomic mass is 35.5. The number of halogens is 1. The van der Waals surface area contributed by atoms with Gasteiger partial charge in [-0.05, 0) is 0 Å². The van der Waals surface area contributed by atoms with Crippen molar-refractivity contribution in [2.24, 2.45) is 7.05 Å². The summed E-state index contributed by atoms with van der Waals surface area (Å²) in [4.78, 5) is 12.6. The Bertz CT molecular complexity index is 497. The van der Waals surface area contributed by atoms with Crippen molar-refractivity contribution in [1.29, 1.82) is 0 Å². The van der Waals surface area contributed by atoms with Crippen molar-refractivity contribution in [2.75, 3.05) is 7.11 Å². The molecule has 2 aromatic rings. The van der Waals surface area contributed by atoms with Crippen LogP contribution < -0.4 is 0 Å². The number of aromatic nitrogens is 4. The molecule has 0 aromatic carbocycles. The van der Waals surface area contributed by atoms with Crippen molar-refractivity contribution >= 4 is 11.6 Å². The van der Waals surface area contributed by atoms with Crippen molar-refractivity contribution in [3.05, 3.63) is 29.4 Å². The zero-order chi connectivity index (χ0) is 11.5. The van der Waals surface area contributed by atoms with Gasteiger partial charge in [0.25, 0.3) is 0 Å². The minimum atomic E-state index is 0.331. The summed E-state index contributed by atoms with van der Waals surface area (Å²) in [6.45, 7) is 0.331. The van der Waals surface area contributed by atoms with Gasteiger partial charge in [0.15, 0.2) is 11.6 Å². The lowest BCUT2D eigenvalue weighted by atomic mass is 10.3. The Kier molecular flexibility index (Phi) is 3.17. The van der Waals surface area contributed by atoms with Gasteiger partial charge in [-0.25, -0.2) is 15.0 Å². The maximum absolute atomic E-state index is 5.91. The van der Waals surface area contributed by atoms with Crippen LogP contribution in [0.2, 0.25) is 5.15 Å². The van der Waals surface area contributed by atoms with E-state index >= 15 is 0 Å². The van der Waals surface area contributed by atoms with Gasteiger partial charge in [-0.3, -0.25) is 0 Å². The van der Waals surface area contributed by atoms with Crippen LogP contribution in [0.5, 0.6) is 0 Å². The van der Waals surface area contributed by atoms with Crippen LogP contribution in [0.25, 0.3) is 11.5 Å². The summed E-state index contributed by atoms with van der Waals surface area (Å²) in [5.74, 6) is 1.30. The third kappa shape index (κ3) is 2.20. The molecular formula is C10H11ClN4O. The Morgan fingerprint density at radius 1 is 1.44 bits per heavy atom. The summed E-state index contributed by atoms with van der Waals surface area (Å²) < 4.78 is 6.84. The topological polar surface area (TPSA) is 52.8 Å². The maximum atomic E-state index is 5.91. The highest BCUT2D eigenvalue weighted by molar-refractivity contribution is 6.29. The van der Waals surface area contributed by atoms with Crippen LogP contribution in [-0.4, -0.2) is 26.6 Å². The van der Waals surface area contributed by atoms with Gasteiger partial charge in [0.1, 0.15) is 17.5 Å². The molecule has 0 atom stereocenters. The predicted octanol–water partition coefficient (Wildman–Crippen LogP) is 1.68. The first-order valence-corrected chi connectivity index (χ1v) is 5.08. The van der Waals surface area contributed by atoms with E-state index in [0.29, 0.717) is 23.3 Å². The van der Waals surface area contributed by atoms with Crippen LogP contribution in [0.4, 0.5) is 0 Å². The number of rotatable bonds is 3. The number of hydrogen-bond acceptors (Lipinski definition) is 4. The van der Waals surface area contributed by atoms with Crippen LogP contribution in [0.3, 0.4) is 0 Å². The second-order valence-electron chi connectivity index (χ2n) is 3.29. The molecule has 2 heterocycles. The summed E-state index contributed by atoms with van der Waals surface area (Å²) >= 11 is 5.91. The first-order chi connectivity index (χ1) is 7.70. The third-order valence-corrected chi connectivity index (χ3v) is 2.26. The molecule has 84 valence electrons. The van der Waals surface area contributed by atoms with E-state index in [-0.39, 0.29) is 0 Å². The Morgan fingerprint density at radius 3 is 2.88 bits per heavy atom. The van der Waals surface area contributed by atoms with Crippen LogP contribution in [0.15, 0.2) is 18.5 Å². The SMILES string of the molecule is COCc1nc(Cl)cc(-c2nccn2C)n1. The van der Waals surface area contributed by atoms with Crippen molar-refractivity contribution in [3.8, 4) is 11.5 Å². The summed E-state index contributed by atoms with van der Waals surface area (Å²) in [6, 6.07) is 1.68. The summed E-state index contributed by atoms with van der Waals surface area (Å²) in [5, 5.41) is 0.389. The first kappa shape index (κ1) is 11.0. The van der Waals surface area contributed by atoms with Gasteiger partial charge in [0.2, 0.25) is 0 Å². The van der Waals surface area contributed by atoms with E-state index in [4.69, 9.17) is 16.3 Å². The van der Waals surface area contributed by atoms with Crippen LogP contribution in [-0.2, 0) is 18.4 Å². The number of aryl methyl sites for hydroxylation is 1. The molecular weight excluding hydrogens is 228 g/mol. The molecule has 0 fully saturated rings. The van der Waals surface area contributed by atoms with Crippen molar-refractivity contribution in [2.45, 2.75) is 6.61 Å². The molecule has 2 rings (SSSR count). The highest BCUT2D eigenvalue weighted by Crippen LogP contribution is 2.17. The maximum Gasteiger partial charge on any atom is 0.158 e. The van der Waals surface area contributed by atoms with Gasteiger partial charge in [0.05, 0.1) is 0 Å². The molecule has 0 aliphatic rings. The predicted molar refractivity (Wildman–Crippen MR) is 60.0 cm³/mol. The van der Waals surface area contributed by atoms with Crippen LogP contribution in [0.1, 0.15) is 5.82 Å². The summed E-state index contributed by atoms with van der Waals surface area (Å²) in [5.41, 5.74) is 0.694. The molecule has 0 saturated carbocycles. The van der Waals surface area contributed by atoms with Gasteiger partial charge in [-0.2, -0.15) is 0 Å². The molecule has 0 spiro atoms.